The molecule has 1 aromatic carbocycles. The largest absolute Gasteiger partial charge is 0.478 e. The third-order valence-electron chi connectivity index (χ3n) is 2.50. The number of hydrogen-bond donors (Lipinski definition) is 1. The van der Waals surface area contributed by atoms with Crippen LogP contribution in [0.5, 0.6) is 0 Å². The van der Waals surface area contributed by atoms with E-state index in [0.29, 0.717) is 0 Å². The third-order valence-corrected chi connectivity index (χ3v) is 4.59. The second kappa shape index (κ2) is 5.45. The first kappa shape index (κ1) is 14.6. The molecule has 0 aliphatic carbocycles. The summed E-state index contributed by atoms with van der Waals surface area (Å²) in [7, 11) is -3.99. The van der Waals surface area contributed by atoms with E-state index in [1.54, 1.807) is 13.8 Å². The minimum absolute atomic E-state index is 0.189. The molecule has 0 aliphatic heterocycles. The lowest BCUT2D eigenvalue weighted by atomic mass is 10.2. The lowest BCUT2D eigenvalue weighted by Crippen LogP contribution is -2.31. The van der Waals surface area contributed by atoms with E-state index < -0.39 is 32.3 Å². The third kappa shape index (κ3) is 2.68. The number of nitrogens with zero attached hydrogens (tertiary/aromatic N) is 1. The predicted octanol–water partition coefficient (Wildman–Crippen LogP) is 1.55. The van der Waals surface area contributed by atoms with E-state index in [1.165, 1.54) is 0 Å². The number of rotatable bonds is 5. The van der Waals surface area contributed by atoms with Crippen LogP contribution < -0.4 is 0 Å². The van der Waals surface area contributed by atoms with Crippen LogP contribution in [0.4, 0.5) is 4.39 Å². The summed E-state index contributed by atoms with van der Waals surface area (Å²) in [5.41, 5.74) is -0.427. The van der Waals surface area contributed by atoms with Crippen LogP contribution in [-0.4, -0.2) is 36.9 Å². The Morgan fingerprint density at radius 1 is 1.33 bits per heavy atom. The first-order valence-corrected chi connectivity index (χ1v) is 6.81. The molecule has 1 aromatic rings. The van der Waals surface area contributed by atoms with Gasteiger partial charge in [0.05, 0.1) is 10.5 Å². The first-order valence-electron chi connectivity index (χ1n) is 5.37. The molecule has 1 rings (SSSR count). The van der Waals surface area contributed by atoms with Crippen LogP contribution in [0.25, 0.3) is 0 Å². The van der Waals surface area contributed by atoms with Crippen molar-refractivity contribution in [3.05, 3.63) is 29.6 Å². The number of aromatic carboxylic acids is 1. The topological polar surface area (TPSA) is 74.7 Å². The molecule has 0 spiro atoms. The van der Waals surface area contributed by atoms with Gasteiger partial charge in [0.25, 0.3) is 0 Å². The van der Waals surface area contributed by atoms with Gasteiger partial charge in [-0.2, -0.15) is 4.31 Å². The van der Waals surface area contributed by atoms with Gasteiger partial charge in [-0.05, 0) is 18.2 Å². The predicted molar refractivity (Wildman–Crippen MR) is 63.5 cm³/mol. The van der Waals surface area contributed by atoms with Crippen molar-refractivity contribution in [2.24, 2.45) is 0 Å². The summed E-state index contributed by atoms with van der Waals surface area (Å²) in [4.78, 5) is 10.5. The van der Waals surface area contributed by atoms with Crippen LogP contribution >= 0.6 is 0 Å². The molecule has 0 saturated carbocycles. The number of halogens is 1. The standard InChI is InChI=1S/C11H14FNO4S/c1-3-13(4-2)18(16,17)10-7-8(12)5-6-9(10)11(14)15/h5-7H,3-4H2,1-2H3,(H,14,15). The minimum Gasteiger partial charge on any atom is -0.478 e. The lowest BCUT2D eigenvalue weighted by Gasteiger charge is -2.19. The fraction of sp³-hybridized carbons (Fsp3) is 0.364. The molecule has 0 bridgehead atoms. The summed E-state index contributed by atoms with van der Waals surface area (Å²) >= 11 is 0. The Bertz CT molecular complexity index is 552. The van der Waals surface area contributed by atoms with Gasteiger partial charge in [-0.3, -0.25) is 0 Å². The normalized spacial score (nSPS) is 11.8. The highest BCUT2D eigenvalue weighted by Crippen LogP contribution is 2.21. The van der Waals surface area contributed by atoms with Crippen LogP contribution in [0.15, 0.2) is 23.1 Å². The summed E-state index contributed by atoms with van der Waals surface area (Å²) in [6, 6.07) is 2.61. The lowest BCUT2D eigenvalue weighted by molar-refractivity contribution is 0.0692. The summed E-state index contributed by atoms with van der Waals surface area (Å²) in [6.07, 6.45) is 0. The summed E-state index contributed by atoms with van der Waals surface area (Å²) in [6.45, 7) is 3.63. The Labute approximate surface area is 105 Å². The molecule has 0 atom stereocenters. The molecule has 100 valence electrons. The van der Waals surface area contributed by atoms with Crippen molar-refractivity contribution in [3.63, 3.8) is 0 Å². The zero-order chi connectivity index (χ0) is 13.9. The van der Waals surface area contributed by atoms with Crippen molar-refractivity contribution in [1.82, 2.24) is 4.31 Å². The molecule has 0 aliphatic rings. The Balaban J connectivity index is 3.48. The number of carboxylic acids is 1. The minimum atomic E-state index is -3.99. The number of sulfonamides is 1. The van der Waals surface area contributed by atoms with Crippen molar-refractivity contribution in [1.29, 1.82) is 0 Å². The Kier molecular flexibility index (Phi) is 4.42. The van der Waals surface area contributed by atoms with Crippen molar-refractivity contribution in [2.75, 3.05) is 13.1 Å². The Morgan fingerprint density at radius 2 is 1.89 bits per heavy atom. The fourth-order valence-electron chi connectivity index (χ4n) is 1.59. The average Bonchev–Trinajstić information content (AvgIpc) is 2.29. The number of hydrogen-bond acceptors (Lipinski definition) is 3. The number of benzene rings is 1. The van der Waals surface area contributed by atoms with E-state index in [9.17, 15) is 17.6 Å². The molecule has 1 N–H and O–H groups in total. The highest BCUT2D eigenvalue weighted by atomic mass is 32.2. The van der Waals surface area contributed by atoms with Gasteiger partial charge in [-0.25, -0.2) is 17.6 Å². The molecular weight excluding hydrogens is 261 g/mol. The second-order valence-electron chi connectivity index (χ2n) is 3.53. The molecule has 18 heavy (non-hydrogen) atoms. The average molecular weight is 275 g/mol. The Morgan fingerprint density at radius 3 is 2.33 bits per heavy atom. The van der Waals surface area contributed by atoms with Crippen LogP contribution in [0, 0.1) is 5.82 Å². The van der Waals surface area contributed by atoms with Crippen LogP contribution in [-0.2, 0) is 10.0 Å². The van der Waals surface area contributed by atoms with Crippen molar-refractivity contribution in [2.45, 2.75) is 18.7 Å². The van der Waals surface area contributed by atoms with Crippen molar-refractivity contribution < 1.29 is 22.7 Å². The SMILES string of the molecule is CCN(CC)S(=O)(=O)c1cc(F)ccc1C(=O)O. The molecule has 7 heteroatoms. The monoisotopic (exact) mass is 275 g/mol. The summed E-state index contributed by atoms with van der Waals surface area (Å²) in [5.74, 6) is -2.19. The van der Waals surface area contributed by atoms with Crippen molar-refractivity contribution >= 4 is 16.0 Å². The molecule has 0 fully saturated rings. The van der Waals surface area contributed by atoms with Gasteiger partial charge in [0.2, 0.25) is 10.0 Å². The molecular formula is C11H14FNO4S. The highest BCUT2D eigenvalue weighted by molar-refractivity contribution is 7.89. The van der Waals surface area contributed by atoms with Gasteiger partial charge in [0.15, 0.2) is 0 Å². The van der Waals surface area contributed by atoms with E-state index >= 15 is 0 Å². The second-order valence-corrected chi connectivity index (χ2v) is 5.44. The van der Waals surface area contributed by atoms with Gasteiger partial charge in [0.1, 0.15) is 5.82 Å². The molecule has 0 saturated heterocycles. The van der Waals surface area contributed by atoms with Gasteiger partial charge in [0, 0.05) is 13.1 Å². The fourth-order valence-corrected chi connectivity index (χ4v) is 3.24. The van der Waals surface area contributed by atoms with E-state index in [-0.39, 0.29) is 13.1 Å². The summed E-state index contributed by atoms with van der Waals surface area (Å²) in [5, 5.41) is 8.94. The van der Waals surface area contributed by atoms with E-state index in [1.807, 2.05) is 0 Å². The summed E-state index contributed by atoms with van der Waals surface area (Å²) < 4.78 is 38.5. The first-order chi connectivity index (χ1) is 8.34. The van der Waals surface area contributed by atoms with E-state index in [2.05, 4.69) is 0 Å². The van der Waals surface area contributed by atoms with Gasteiger partial charge < -0.3 is 5.11 Å². The number of carboxylic acid groups (broad SMARTS) is 1. The van der Waals surface area contributed by atoms with Crippen molar-refractivity contribution in [3.8, 4) is 0 Å². The maximum atomic E-state index is 13.1. The molecule has 0 amide bonds. The van der Waals surface area contributed by atoms with E-state index in [4.69, 9.17) is 5.11 Å². The maximum absolute atomic E-state index is 13.1. The molecule has 0 heterocycles. The van der Waals surface area contributed by atoms with Crippen LogP contribution in [0.3, 0.4) is 0 Å². The van der Waals surface area contributed by atoms with E-state index in [0.717, 1.165) is 22.5 Å². The molecule has 5 nitrogen and oxygen atoms in total. The quantitative estimate of drug-likeness (QED) is 0.884. The molecule has 0 radical (unpaired) electrons. The zero-order valence-corrected chi connectivity index (χ0v) is 10.9. The molecule has 0 unspecified atom stereocenters. The van der Waals surface area contributed by atoms with Gasteiger partial charge in [-0.1, -0.05) is 13.8 Å². The Hall–Kier alpha value is -1.47. The number of carbonyl (C=O) groups is 1. The van der Waals surface area contributed by atoms with Gasteiger partial charge in [-0.15, -0.1) is 0 Å². The smallest absolute Gasteiger partial charge is 0.337 e. The highest BCUT2D eigenvalue weighted by Gasteiger charge is 2.27. The maximum Gasteiger partial charge on any atom is 0.337 e. The zero-order valence-electron chi connectivity index (χ0n) is 10.1. The molecule has 0 aromatic heterocycles. The van der Waals surface area contributed by atoms with Crippen LogP contribution in [0.1, 0.15) is 24.2 Å². The van der Waals surface area contributed by atoms with Crippen LogP contribution in [0.2, 0.25) is 0 Å². The van der Waals surface area contributed by atoms with Gasteiger partial charge >= 0.3 is 5.97 Å².